The molecule has 0 aliphatic rings. The van der Waals surface area contributed by atoms with Crippen molar-refractivity contribution >= 4 is 70.8 Å². The van der Waals surface area contributed by atoms with E-state index in [1.165, 1.54) is 48.6 Å². The normalized spacial score (nSPS) is 12.1. The summed E-state index contributed by atoms with van der Waals surface area (Å²) in [5, 5.41) is 9.65. The van der Waals surface area contributed by atoms with E-state index >= 15 is 0 Å². The van der Waals surface area contributed by atoms with Gasteiger partial charge in [-0.05, 0) is 64.0 Å². The van der Waals surface area contributed by atoms with Crippen LogP contribution in [0.1, 0.15) is 0 Å². The van der Waals surface area contributed by atoms with E-state index in [4.69, 9.17) is 4.98 Å². The highest BCUT2D eigenvalue weighted by molar-refractivity contribution is 6.22. The van der Waals surface area contributed by atoms with E-state index < -0.39 is 0 Å². The van der Waals surface area contributed by atoms with Gasteiger partial charge in [0.25, 0.3) is 0 Å². The number of imidazole rings is 1. The van der Waals surface area contributed by atoms with Gasteiger partial charge in [-0.1, -0.05) is 91.0 Å². The third-order valence-electron chi connectivity index (χ3n) is 9.11. The topological polar surface area (TPSA) is 35.1 Å². The molecule has 0 saturated carbocycles. The molecule has 0 saturated heterocycles. The van der Waals surface area contributed by atoms with Crippen LogP contribution in [0.15, 0.2) is 146 Å². The van der Waals surface area contributed by atoms with Gasteiger partial charge in [-0.3, -0.25) is 9.38 Å². The summed E-state index contributed by atoms with van der Waals surface area (Å²) in [6, 6.07) is 47.8. The van der Waals surface area contributed by atoms with E-state index in [9.17, 15) is 0 Å². The zero-order valence-corrected chi connectivity index (χ0v) is 23.6. The molecule has 204 valence electrons. The molecule has 0 atom stereocenters. The van der Waals surface area contributed by atoms with Crippen molar-refractivity contribution in [1.82, 2.24) is 18.9 Å². The fourth-order valence-corrected chi connectivity index (χ4v) is 7.11. The molecular formula is C40H24N4. The number of aromatic nitrogens is 4. The van der Waals surface area contributed by atoms with Crippen molar-refractivity contribution in [3.05, 3.63) is 146 Å². The first-order valence-electron chi connectivity index (χ1n) is 14.9. The lowest BCUT2D eigenvalue weighted by molar-refractivity contribution is 1.17. The van der Waals surface area contributed by atoms with Crippen LogP contribution < -0.4 is 0 Å². The van der Waals surface area contributed by atoms with Crippen LogP contribution in [0.2, 0.25) is 0 Å². The predicted octanol–water partition coefficient (Wildman–Crippen LogP) is 10.1. The van der Waals surface area contributed by atoms with Gasteiger partial charge in [0.2, 0.25) is 0 Å². The highest BCUT2D eigenvalue weighted by Gasteiger charge is 2.20. The molecule has 4 heterocycles. The Bertz CT molecular complexity index is 2770. The second-order valence-corrected chi connectivity index (χ2v) is 11.5. The summed E-state index contributed by atoms with van der Waals surface area (Å²) in [6.07, 6.45) is 4.04. The van der Waals surface area contributed by atoms with Crippen molar-refractivity contribution in [1.29, 1.82) is 0 Å². The van der Waals surface area contributed by atoms with Gasteiger partial charge in [-0.25, -0.2) is 4.98 Å². The van der Waals surface area contributed by atoms with Crippen molar-refractivity contribution in [3.8, 4) is 16.9 Å². The molecule has 0 bridgehead atoms. The Hall–Kier alpha value is -6.00. The fourth-order valence-electron chi connectivity index (χ4n) is 7.11. The first kappa shape index (κ1) is 23.6. The first-order valence-corrected chi connectivity index (χ1v) is 14.9. The van der Waals surface area contributed by atoms with Crippen LogP contribution in [0, 0.1) is 0 Å². The summed E-state index contributed by atoms with van der Waals surface area (Å²) in [4.78, 5) is 9.91. The molecule has 10 rings (SSSR count). The lowest BCUT2D eigenvalue weighted by Crippen LogP contribution is -1.97. The zero-order valence-electron chi connectivity index (χ0n) is 23.6. The number of hydrogen-bond donors (Lipinski definition) is 0. The maximum atomic E-state index is 5.30. The third-order valence-corrected chi connectivity index (χ3v) is 9.11. The van der Waals surface area contributed by atoms with Crippen LogP contribution in [-0.2, 0) is 0 Å². The number of nitrogens with zero attached hydrogens (tertiary/aromatic N) is 4. The zero-order chi connectivity index (χ0) is 28.8. The SMILES string of the molecule is c1ccc(-c2ccc3ccc(-n4c5c6ccccc6ccc5c5ccn6c(nc7ccc8ccccc8c76)c54)cc3c2)nc1. The Labute approximate surface area is 252 Å². The molecule has 44 heavy (non-hydrogen) atoms. The standard InChI is InChI=1S/C40H24N4/c1-3-9-31-26(7-1)15-18-33-34-20-22-43-38-32-10-4-2-8-27(32)16-19-36(38)42-40(43)39(34)44(37(31)33)30-17-14-25-12-13-28(23-29(25)24-30)35-11-5-6-21-41-35/h1-24H. The summed E-state index contributed by atoms with van der Waals surface area (Å²) in [7, 11) is 0. The molecule has 0 fully saturated rings. The number of hydrogen-bond acceptors (Lipinski definition) is 2. The maximum absolute atomic E-state index is 5.30. The van der Waals surface area contributed by atoms with Crippen molar-refractivity contribution in [3.63, 3.8) is 0 Å². The molecule has 0 spiro atoms. The lowest BCUT2D eigenvalue weighted by Gasteiger charge is -2.12. The second kappa shape index (κ2) is 8.76. The van der Waals surface area contributed by atoms with E-state index in [1.807, 2.05) is 18.3 Å². The maximum Gasteiger partial charge on any atom is 0.162 e. The molecule has 0 amide bonds. The van der Waals surface area contributed by atoms with Gasteiger partial charge in [0.1, 0.15) is 0 Å². The Kier molecular flexibility index (Phi) is 4.69. The Morgan fingerprint density at radius 2 is 1.20 bits per heavy atom. The minimum absolute atomic E-state index is 0.955. The Balaban J connectivity index is 1.37. The smallest absolute Gasteiger partial charge is 0.162 e. The number of fused-ring (bicyclic) bond motifs is 12. The summed E-state index contributed by atoms with van der Waals surface area (Å²) < 4.78 is 4.71. The monoisotopic (exact) mass is 560 g/mol. The summed E-state index contributed by atoms with van der Waals surface area (Å²) >= 11 is 0. The molecular weight excluding hydrogens is 536 g/mol. The molecule has 0 N–H and O–H groups in total. The molecule has 0 unspecified atom stereocenters. The molecule has 0 aliphatic heterocycles. The Morgan fingerprint density at radius 1 is 0.477 bits per heavy atom. The largest absolute Gasteiger partial charge is 0.305 e. The van der Waals surface area contributed by atoms with Gasteiger partial charge in [0.15, 0.2) is 5.65 Å². The third kappa shape index (κ3) is 3.22. The minimum atomic E-state index is 0.955. The van der Waals surface area contributed by atoms with E-state index in [0.717, 1.165) is 39.1 Å². The fraction of sp³-hybridized carbons (Fsp3) is 0. The van der Waals surface area contributed by atoms with E-state index in [0.29, 0.717) is 0 Å². The Morgan fingerprint density at radius 3 is 2.05 bits per heavy atom. The molecule has 0 radical (unpaired) electrons. The molecule has 4 nitrogen and oxygen atoms in total. The molecule has 10 aromatic rings. The first-order chi connectivity index (χ1) is 21.8. The summed E-state index contributed by atoms with van der Waals surface area (Å²) in [5.41, 5.74) is 8.59. The van der Waals surface area contributed by atoms with Crippen molar-refractivity contribution in [2.75, 3.05) is 0 Å². The van der Waals surface area contributed by atoms with Gasteiger partial charge in [0.05, 0.1) is 27.8 Å². The number of pyridine rings is 2. The summed E-state index contributed by atoms with van der Waals surface area (Å²) in [6.45, 7) is 0. The minimum Gasteiger partial charge on any atom is -0.305 e. The van der Waals surface area contributed by atoms with Gasteiger partial charge < -0.3 is 4.57 Å². The average Bonchev–Trinajstić information content (AvgIpc) is 3.65. The molecule has 4 heteroatoms. The molecule has 6 aromatic carbocycles. The van der Waals surface area contributed by atoms with Crippen LogP contribution in [0.5, 0.6) is 0 Å². The van der Waals surface area contributed by atoms with Crippen molar-refractivity contribution < 1.29 is 0 Å². The van der Waals surface area contributed by atoms with Crippen LogP contribution in [0.25, 0.3) is 87.7 Å². The van der Waals surface area contributed by atoms with Gasteiger partial charge in [0, 0.05) is 45.2 Å². The van der Waals surface area contributed by atoms with Crippen LogP contribution in [-0.4, -0.2) is 18.9 Å². The second-order valence-electron chi connectivity index (χ2n) is 11.5. The van der Waals surface area contributed by atoms with Crippen LogP contribution in [0.3, 0.4) is 0 Å². The van der Waals surface area contributed by atoms with Crippen molar-refractivity contribution in [2.24, 2.45) is 0 Å². The van der Waals surface area contributed by atoms with E-state index in [-0.39, 0.29) is 0 Å². The highest BCUT2D eigenvalue weighted by Crippen LogP contribution is 2.40. The quantitative estimate of drug-likeness (QED) is 0.211. The lowest BCUT2D eigenvalue weighted by atomic mass is 10.0. The highest BCUT2D eigenvalue weighted by atomic mass is 15.1. The van der Waals surface area contributed by atoms with Gasteiger partial charge in [-0.15, -0.1) is 0 Å². The predicted molar refractivity (Wildman–Crippen MR) is 183 cm³/mol. The summed E-state index contributed by atoms with van der Waals surface area (Å²) in [5.74, 6) is 0. The van der Waals surface area contributed by atoms with Crippen LogP contribution in [0.4, 0.5) is 0 Å². The van der Waals surface area contributed by atoms with E-state index in [2.05, 4.69) is 141 Å². The van der Waals surface area contributed by atoms with Gasteiger partial charge in [-0.2, -0.15) is 0 Å². The number of rotatable bonds is 2. The molecule has 0 aliphatic carbocycles. The number of benzene rings is 6. The molecule has 4 aromatic heterocycles. The average molecular weight is 561 g/mol. The van der Waals surface area contributed by atoms with E-state index in [1.54, 1.807) is 0 Å². The van der Waals surface area contributed by atoms with Crippen LogP contribution >= 0.6 is 0 Å². The van der Waals surface area contributed by atoms with Gasteiger partial charge >= 0.3 is 0 Å². The van der Waals surface area contributed by atoms with Crippen molar-refractivity contribution in [2.45, 2.75) is 0 Å².